The van der Waals surface area contributed by atoms with Crippen LogP contribution in [0.3, 0.4) is 0 Å². The lowest BCUT2D eigenvalue weighted by Gasteiger charge is -2.34. The van der Waals surface area contributed by atoms with Crippen LogP contribution in [0, 0.1) is 0 Å². The highest BCUT2D eigenvalue weighted by atomic mass is 16.3. The molecule has 2 aliphatic rings. The lowest BCUT2D eigenvalue weighted by molar-refractivity contribution is 0.658. The molecule has 0 radical (unpaired) electrons. The van der Waals surface area contributed by atoms with Crippen LogP contribution in [0.25, 0.3) is 60.9 Å². The highest BCUT2D eigenvalue weighted by Crippen LogP contribution is 2.54. The predicted molar refractivity (Wildman–Crippen MR) is 223 cm³/mol. The van der Waals surface area contributed by atoms with E-state index in [1.165, 1.54) is 55.6 Å². The first kappa shape index (κ1) is 31.4. The van der Waals surface area contributed by atoms with Crippen LogP contribution >= 0.6 is 0 Å². The standard InChI is InChI=1S/C51H39NO/c1-51(2)45-24-13-22-42(40-20-10-9-19-39(40)36-17-7-4-8-18-36)49(45)44-32-31-38(33-46(44)51)52(37-29-27-35(28-30-37)34-15-5-3-6-16-34)47-25-14-23-43-41-21-11-12-26-48(41)53-50(43)47/h3-29,31-33,37H,30H2,1-2H3. The van der Waals surface area contributed by atoms with Crippen molar-refractivity contribution in [3.8, 4) is 33.4 Å². The first-order chi connectivity index (χ1) is 26.1. The predicted octanol–water partition coefficient (Wildman–Crippen LogP) is 13.8. The zero-order chi connectivity index (χ0) is 35.5. The monoisotopic (exact) mass is 681 g/mol. The second kappa shape index (κ2) is 12.4. The molecule has 0 aliphatic heterocycles. The molecular weight excluding hydrogens is 643 g/mol. The van der Waals surface area contributed by atoms with Gasteiger partial charge >= 0.3 is 0 Å². The van der Waals surface area contributed by atoms with E-state index in [4.69, 9.17) is 4.42 Å². The van der Waals surface area contributed by atoms with Crippen LogP contribution in [0.5, 0.6) is 0 Å². The van der Waals surface area contributed by atoms with E-state index in [1.807, 2.05) is 0 Å². The molecule has 0 fully saturated rings. The SMILES string of the molecule is CC1(C)c2cc(N(c3cccc4c3oc3ccccc34)C3C=CC(c4ccccc4)=CC3)ccc2-c2c(-c3ccccc3-c3ccccc3)cccc21. The van der Waals surface area contributed by atoms with Gasteiger partial charge in [-0.25, -0.2) is 0 Å². The van der Waals surface area contributed by atoms with Gasteiger partial charge in [-0.05, 0) is 86.3 Å². The van der Waals surface area contributed by atoms with E-state index in [-0.39, 0.29) is 11.5 Å². The molecule has 2 heteroatoms. The lowest BCUT2D eigenvalue weighted by Crippen LogP contribution is -2.30. The third-order valence-electron chi connectivity index (χ3n) is 11.4. The van der Waals surface area contributed by atoms with Crippen molar-refractivity contribution < 1.29 is 4.42 Å². The Balaban J connectivity index is 1.14. The van der Waals surface area contributed by atoms with E-state index in [9.17, 15) is 0 Å². The number of allylic oxidation sites excluding steroid dienone is 2. The topological polar surface area (TPSA) is 16.4 Å². The van der Waals surface area contributed by atoms with Crippen molar-refractivity contribution in [2.75, 3.05) is 4.90 Å². The molecule has 0 spiro atoms. The molecule has 0 saturated heterocycles. The number of hydrogen-bond acceptors (Lipinski definition) is 2. The van der Waals surface area contributed by atoms with E-state index in [2.05, 4.69) is 201 Å². The molecule has 1 heterocycles. The molecule has 7 aromatic carbocycles. The summed E-state index contributed by atoms with van der Waals surface area (Å²) in [6.45, 7) is 4.77. The molecule has 2 nitrogen and oxygen atoms in total. The van der Waals surface area contributed by atoms with Gasteiger partial charge in [0.05, 0.1) is 11.7 Å². The molecule has 8 aromatic rings. The molecule has 1 atom stereocenters. The van der Waals surface area contributed by atoms with Crippen molar-refractivity contribution in [1.29, 1.82) is 0 Å². The molecule has 254 valence electrons. The molecule has 0 saturated carbocycles. The Hall–Kier alpha value is -6.38. The molecule has 0 bridgehead atoms. The van der Waals surface area contributed by atoms with Crippen LogP contribution in [0.2, 0.25) is 0 Å². The molecular formula is C51H39NO. The summed E-state index contributed by atoms with van der Waals surface area (Å²) in [5, 5.41) is 2.28. The van der Waals surface area contributed by atoms with Crippen LogP contribution in [0.1, 0.15) is 37.0 Å². The van der Waals surface area contributed by atoms with Gasteiger partial charge in [0.2, 0.25) is 0 Å². The number of rotatable bonds is 6. The van der Waals surface area contributed by atoms with E-state index < -0.39 is 0 Å². The Bertz CT molecular complexity index is 2730. The number of hydrogen-bond donors (Lipinski definition) is 0. The van der Waals surface area contributed by atoms with Gasteiger partial charge in [0.1, 0.15) is 5.58 Å². The normalized spacial score (nSPS) is 15.7. The lowest BCUT2D eigenvalue weighted by atomic mass is 9.81. The van der Waals surface area contributed by atoms with Crippen LogP contribution in [-0.2, 0) is 5.41 Å². The summed E-state index contributed by atoms with van der Waals surface area (Å²) >= 11 is 0. The summed E-state index contributed by atoms with van der Waals surface area (Å²) in [6, 6.07) is 59.3. The van der Waals surface area contributed by atoms with E-state index in [0.717, 1.165) is 39.7 Å². The highest BCUT2D eigenvalue weighted by Gasteiger charge is 2.38. The van der Waals surface area contributed by atoms with Gasteiger partial charge in [-0.15, -0.1) is 0 Å². The summed E-state index contributed by atoms with van der Waals surface area (Å²) in [6.07, 6.45) is 7.92. The van der Waals surface area contributed by atoms with Gasteiger partial charge in [0.15, 0.2) is 5.58 Å². The minimum atomic E-state index is -0.196. The molecule has 0 amide bonds. The average Bonchev–Trinajstić information content (AvgIpc) is 3.71. The first-order valence-corrected chi connectivity index (χ1v) is 18.6. The summed E-state index contributed by atoms with van der Waals surface area (Å²) < 4.78 is 6.68. The molecule has 0 N–H and O–H groups in total. The maximum Gasteiger partial charge on any atom is 0.159 e. The molecule has 10 rings (SSSR count). The number of furan rings is 1. The third-order valence-corrected chi connectivity index (χ3v) is 11.4. The Morgan fingerprint density at radius 3 is 2.04 bits per heavy atom. The summed E-state index contributed by atoms with van der Waals surface area (Å²) in [4.78, 5) is 2.50. The fraction of sp³-hybridized carbons (Fsp3) is 0.0980. The minimum Gasteiger partial charge on any atom is -0.454 e. The zero-order valence-corrected chi connectivity index (χ0v) is 30.0. The van der Waals surface area contributed by atoms with Crippen molar-refractivity contribution in [2.45, 2.75) is 31.7 Å². The van der Waals surface area contributed by atoms with Crippen molar-refractivity contribution in [3.05, 3.63) is 199 Å². The van der Waals surface area contributed by atoms with E-state index in [1.54, 1.807) is 0 Å². The van der Waals surface area contributed by atoms with Crippen LogP contribution < -0.4 is 4.90 Å². The number of fused-ring (bicyclic) bond motifs is 6. The number of benzene rings is 7. The van der Waals surface area contributed by atoms with Gasteiger partial charge in [-0.2, -0.15) is 0 Å². The largest absolute Gasteiger partial charge is 0.454 e. The van der Waals surface area contributed by atoms with Crippen molar-refractivity contribution in [3.63, 3.8) is 0 Å². The Morgan fingerprint density at radius 1 is 0.566 bits per heavy atom. The maximum atomic E-state index is 6.68. The van der Waals surface area contributed by atoms with Crippen molar-refractivity contribution in [2.24, 2.45) is 0 Å². The highest BCUT2D eigenvalue weighted by molar-refractivity contribution is 6.09. The van der Waals surface area contributed by atoms with E-state index in [0.29, 0.717) is 0 Å². The Kier molecular flexibility index (Phi) is 7.33. The molecule has 1 unspecified atom stereocenters. The molecule has 2 aliphatic carbocycles. The third kappa shape index (κ3) is 5.09. The number of nitrogens with zero attached hydrogens (tertiary/aromatic N) is 1. The minimum absolute atomic E-state index is 0.0968. The fourth-order valence-electron chi connectivity index (χ4n) is 8.81. The number of para-hydroxylation sites is 2. The van der Waals surface area contributed by atoms with Gasteiger partial charge < -0.3 is 9.32 Å². The smallest absolute Gasteiger partial charge is 0.159 e. The van der Waals surface area contributed by atoms with Crippen LogP contribution in [0.15, 0.2) is 186 Å². The second-order valence-electron chi connectivity index (χ2n) is 14.8. The van der Waals surface area contributed by atoms with Crippen LogP contribution in [-0.4, -0.2) is 6.04 Å². The van der Waals surface area contributed by atoms with Gasteiger partial charge in [0.25, 0.3) is 0 Å². The molecule has 53 heavy (non-hydrogen) atoms. The second-order valence-corrected chi connectivity index (χ2v) is 14.8. The quantitative estimate of drug-likeness (QED) is 0.174. The van der Waals surface area contributed by atoms with Crippen LogP contribution in [0.4, 0.5) is 11.4 Å². The van der Waals surface area contributed by atoms with Crippen molar-refractivity contribution >= 4 is 38.9 Å². The Labute approximate surface area is 311 Å². The van der Waals surface area contributed by atoms with E-state index >= 15 is 0 Å². The summed E-state index contributed by atoms with van der Waals surface area (Å²) in [5.74, 6) is 0. The van der Waals surface area contributed by atoms with Gasteiger partial charge in [0, 0.05) is 21.9 Å². The molecule has 1 aromatic heterocycles. The Morgan fingerprint density at radius 2 is 1.25 bits per heavy atom. The van der Waals surface area contributed by atoms with Gasteiger partial charge in [-0.3, -0.25) is 0 Å². The number of anilines is 2. The van der Waals surface area contributed by atoms with Crippen molar-refractivity contribution in [1.82, 2.24) is 0 Å². The summed E-state index contributed by atoms with van der Waals surface area (Å²) in [7, 11) is 0. The first-order valence-electron chi connectivity index (χ1n) is 18.6. The zero-order valence-electron chi connectivity index (χ0n) is 30.0. The maximum absolute atomic E-state index is 6.68. The van der Waals surface area contributed by atoms with Gasteiger partial charge in [-0.1, -0.05) is 172 Å². The average molecular weight is 682 g/mol. The fourth-order valence-corrected chi connectivity index (χ4v) is 8.81. The summed E-state index contributed by atoms with van der Waals surface area (Å²) in [5.41, 5.74) is 16.7.